The number of hydrogen-bond donors (Lipinski definition) is 4. The van der Waals surface area contributed by atoms with Crippen LogP contribution in [0, 0.1) is 6.92 Å². The lowest BCUT2D eigenvalue weighted by atomic mass is 10.3. The van der Waals surface area contributed by atoms with E-state index in [0.717, 1.165) is 0 Å². The second-order valence-corrected chi connectivity index (χ2v) is 3.74. The Hall–Kier alpha value is -2.85. The summed E-state index contributed by atoms with van der Waals surface area (Å²) in [4.78, 5) is 49.3. The molecule has 11 heteroatoms. The summed E-state index contributed by atoms with van der Waals surface area (Å²) in [5.41, 5.74) is -4.11. The monoisotopic (exact) mass is 306 g/mol. The van der Waals surface area contributed by atoms with Gasteiger partial charge in [0.15, 0.2) is 0 Å². The molecule has 0 saturated carbocycles. The zero-order valence-corrected chi connectivity index (χ0v) is 10.4. The van der Waals surface area contributed by atoms with Crippen molar-refractivity contribution in [1.82, 2.24) is 19.9 Å². The third-order valence-corrected chi connectivity index (χ3v) is 2.13. The van der Waals surface area contributed by atoms with E-state index in [9.17, 15) is 32.3 Å². The van der Waals surface area contributed by atoms with E-state index in [1.165, 1.54) is 11.2 Å². The van der Waals surface area contributed by atoms with E-state index in [2.05, 4.69) is 9.97 Å². The molecule has 0 saturated heterocycles. The quantitative estimate of drug-likeness (QED) is 0.520. The van der Waals surface area contributed by atoms with Gasteiger partial charge < -0.3 is 9.97 Å². The molecule has 0 radical (unpaired) electrons. The number of aryl methyl sites for hydroxylation is 1. The second-order valence-electron chi connectivity index (χ2n) is 3.74. The second kappa shape index (κ2) is 6.07. The van der Waals surface area contributed by atoms with Crippen LogP contribution in [0.5, 0.6) is 0 Å². The molecule has 21 heavy (non-hydrogen) atoms. The first-order chi connectivity index (χ1) is 9.61. The Labute approximate surface area is 112 Å². The molecule has 2 aromatic heterocycles. The van der Waals surface area contributed by atoms with Crippen LogP contribution in [-0.2, 0) is 6.18 Å². The van der Waals surface area contributed by atoms with E-state index in [0.29, 0.717) is 11.8 Å². The number of aromatic nitrogens is 4. The number of alkyl halides is 3. The summed E-state index contributed by atoms with van der Waals surface area (Å²) in [6.07, 6.45) is -3.03. The van der Waals surface area contributed by atoms with Crippen molar-refractivity contribution in [3.05, 3.63) is 65.2 Å². The van der Waals surface area contributed by atoms with Gasteiger partial charge in [-0.15, -0.1) is 0 Å². The maximum absolute atomic E-state index is 11.8. The molecule has 0 bridgehead atoms. The van der Waals surface area contributed by atoms with Gasteiger partial charge >= 0.3 is 17.6 Å². The van der Waals surface area contributed by atoms with Gasteiger partial charge in [-0.1, -0.05) is 0 Å². The van der Waals surface area contributed by atoms with Crippen LogP contribution in [-0.4, -0.2) is 19.9 Å². The number of nitrogens with one attached hydrogen (secondary N) is 4. The molecule has 0 aliphatic heterocycles. The average molecular weight is 306 g/mol. The Morgan fingerprint density at radius 3 is 1.71 bits per heavy atom. The fraction of sp³-hybridized carbons (Fsp3) is 0.200. The average Bonchev–Trinajstić information content (AvgIpc) is 2.33. The zero-order chi connectivity index (χ0) is 16.2. The largest absolute Gasteiger partial charge is 0.423 e. The van der Waals surface area contributed by atoms with Crippen LogP contribution in [0.3, 0.4) is 0 Å². The molecular weight excluding hydrogens is 297 g/mol. The Balaban J connectivity index is 0.000000219. The van der Waals surface area contributed by atoms with Crippen LogP contribution in [0.2, 0.25) is 0 Å². The van der Waals surface area contributed by atoms with Gasteiger partial charge in [0.2, 0.25) is 0 Å². The number of H-pyrrole nitrogens is 4. The van der Waals surface area contributed by atoms with Crippen LogP contribution >= 0.6 is 0 Å². The number of halogens is 3. The summed E-state index contributed by atoms with van der Waals surface area (Å²) < 4.78 is 35.5. The van der Waals surface area contributed by atoms with Gasteiger partial charge in [0, 0.05) is 18.0 Å². The number of rotatable bonds is 0. The van der Waals surface area contributed by atoms with Gasteiger partial charge in [-0.05, 0) is 6.92 Å². The van der Waals surface area contributed by atoms with Crippen molar-refractivity contribution in [3.63, 3.8) is 0 Å². The van der Waals surface area contributed by atoms with Crippen LogP contribution < -0.4 is 22.5 Å². The Morgan fingerprint density at radius 1 is 0.857 bits per heavy atom. The van der Waals surface area contributed by atoms with Gasteiger partial charge in [0.05, 0.1) is 0 Å². The standard InChI is InChI=1S/C5H3F3N2O2.C5H6N2O2/c6-5(7,8)2-1-9-4(12)10-3(2)11;1-3-2-6-5(9)7-4(3)8/h1H,(H2,9,10,11,12);2H,1H3,(H2,6,7,8,9). The molecule has 0 aromatic carbocycles. The summed E-state index contributed by atoms with van der Waals surface area (Å²) in [7, 11) is 0. The van der Waals surface area contributed by atoms with Crippen molar-refractivity contribution in [3.8, 4) is 0 Å². The first-order valence-electron chi connectivity index (χ1n) is 5.29. The minimum Gasteiger partial charge on any atom is -0.314 e. The highest BCUT2D eigenvalue weighted by Gasteiger charge is 2.34. The van der Waals surface area contributed by atoms with E-state index in [1.54, 1.807) is 11.9 Å². The minimum absolute atomic E-state index is 0.334. The molecule has 8 nitrogen and oxygen atoms in total. The van der Waals surface area contributed by atoms with Gasteiger partial charge in [0.25, 0.3) is 11.1 Å². The van der Waals surface area contributed by atoms with Gasteiger partial charge in [0.1, 0.15) is 5.56 Å². The van der Waals surface area contributed by atoms with Crippen molar-refractivity contribution in [2.45, 2.75) is 13.1 Å². The highest BCUT2D eigenvalue weighted by Crippen LogP contribution is 2.24. The molecule has 0 unspecified atom stereocenters. The van der Waals surface area contributed by atoms with Crippen LogP contribution in [0.25, 0.3) is 0 Å². The van der Waals surface area contributed by atoms with E-state index >= 15 is 0 Å². The smallest absolute Gasteiger partial charge is 0.314 e. The van der Waals surface area contributed by atoms with E-state index in [-0.39, 0.29) is 5.56 Å². The Bertz CT molecular complexity index is 843. The molecule has 2 heterocycles. The molecule has 0 atom stereocenters. The zero-order valence-electron chi connectivity index (χ0n) is 10.4. The maximum Gasteiger partial charge on any atom is 0.423 e. The molecule has 0 fully saturated rings. The normalized spacial score (nSPS) is 10.7. The first kappa shape index (κ1) is 16.2. The van der Waals surface area contributed by atoms with Crippen LogP contribution in [0.1, 0.15) is 11.1 Å². The molecule has 2 aromatic rings. The maximum atomic E-state index is 11.8. The third kappa shape index (κ3) is 4.63. The fourth-order valence-electron chi connectivity index (χ4n) is 1.10. The lowest BCUT2D eigenvalue weighted by Crippen LogP contribution is -2.28. The molecule has 114 valence electrons. The lowest BCUT2D eigenvalue weighted by molar-refractivity contribution is -0.139. The van der Waals surface area contributed by atoms with Crippen molar-refractivity contribution in [2.75, 3.05) is 0 Å². The molecule has 0 aliphatic rings. The topological polar surface area (TPSA) is 131 Å². The summed E-state index contributed by atoms with van der Waals surface area (Å²) in [6, 6.07) is 0. The molecule has 2 rings (SSSR count). The van der Waals surface area contributed by atoms with Gasteiger partial charge in [-0.25, -0.2) is 9.59 Å². The highest BCUT2D eigenvalue weighted by molar-refractivity contribution is 5.07. The molecular formula is C10H9F3N4O4. The third-order valence-electron chi connectivity index (χ3n) is 2.13. The van der Waals surface area contributed by atoms with E-state index in [1.807, 2.05) is 0 Å². The van der Waals surface area contributed by atoms with E-state index < -0.39 is 28.7 Å². The Kier molecular flexibility index (Phi) is 4.68. The first-order valence-corrected chi connectivity index (χ1v) is 5.29. The molecule has 0 aliphatic carbocycles. The summed E-state index contributed by atoms with van der Waals surface area (Å²) in [5.74, 6) is 0. The molecule has 0 spiro atoms. The summed E-state index contributed by atoms with van der Waals surface area (Å²) in [6.45, 7) is 1.62. The Morgan fingerprint density at radius 2 is 1.33 bits per heavy atom. The summed E-state index contributed by atoms with van der Waals surface area (Å²) >= 11 is 0. The summed E-state index contributed by atoms with van der Waals surface area (Å²) in [5, 5.41) is 0. The minimum atomic E-state index is -4.74. The van der Waals surface area contributed by atoms with Crippen LogP contribution in [0.4, 0.5) is 13.2 Å². The number of hydrogen-bond acceptors (Lipinski definition) is 4. The molecule has 0 amide bonds. The lowest BCUT2D eigenvalue weighted by Gasteiger charge is -2.02. The SMILES string of the molecule is Cc1c[nH]c(=O)[nH]c1=O.O=c1[nH]cc(C(F)(F)F)c(=O)[nH]1. The van der Waals surface area contributed by atoms with E-state index in [4.69, 9.17) is 0 Å². The number of aromatic amines is 4. The van der Waals surface area contributed by atoms with Gasteiger partial charge in [-0.2, -0.15) is 13.2 Å². The highest BCUT2D eigenvalue weighted by atomic mass is 19.4. The van der Waals surface area contributed by atoms with Crippen LogP contribution in [0.15, 0.2) is 31.6 Å². The predicted octanol–water partition coefficient (Wildman–Crippen LogP) is -0.546. The van der Waals surface area contributed by atoms with Crippen molar-refractivity contribution >= 4 is 0 Å². The van der Waals surface area contributed by atoms with Gasteiger partial charge in [-0.3, -0.25) is 19.6 Å². The van der Waals surface area contributed by atoms with Crippen molar-refractivity contribution < 1.29 is 13.2 Å². The predicted molar refractivity (Wildman–Crippen MR) is 65.1 cm³/mol. The van der Waals surface area contributed by atoms with Crippen molar-refractivity contribution in [2.24, 2.45) is 0 Å². The fourth-order valence-corrected chi connectivity index (χ4v) is 1.10. The molecule has 4 N–H and O–H groups in total. The van der Waals surface area contributed by atoms with Crippen molar-refractivity contribution in [1.29, 1.82) is 0 Å².